The van der Waals surface area contributed by atoms with E-state index in [0.29, 0.717) is 13.1 Å². The van der Waals surface area contributed by atoms with Crippen LogP contribution < -0.4 is 10.6 Å². The molecular formula is C17H30N2O5. The molecule has 0 aliphatic rings. The van der Waals surface area contributed by atoms with E-state index in [2.05, 4.69) is 17.6 Å². The summed E-state index contributed by atoms with van der Waals surface area (Å²) in [6.07, 6.45) is 1.94. The summed E-state index contributed by atoms with van der Waals surface area (Å²) in [4.78, 5) is 0. The van der Waals surface area contributed by atoms with Gasteiger partial charge in [-0.3, -0.25) is 10.6 Å². The second-order valence-corrected chi connectivity index (χ2v) is 5.86. The molecule has 0 saturated heterocycles. The third-order valence-corrected chi connectivity index (χ3v) is 3.85. The van der Waals surface area contributed by atoms with Crippen molar-refractivity contribution in [2.45, 2.75) is 58.2 Å². The van der Waals surface area contributed by atoms with Crippen molar-refractivity contribution >= 4 is 0 Å². The molecule has 0 aliphatic carbocycles. The van der Waals surface area contributed by atoms with Crippen LogP contribution in [-0.2, 0) is 19.5 Å². The average Bonchev–Trinajstić information content (AvgIpc) is 2.58. The largest absolute Gasteiger partial charge is 0.508 e. The number of nitrogens with one attached hydrogen (secondary N) is 2. The molecule has 1 aromatic rings. The Labute approximate surface area is 143 Å². The molecule has 0 bridgehead atoms. The van der Waals surface area contributed by atoms with Crippen molar-refractivity contribution in [1.82, 2.24) is 10.6 Å². The van der Waals surface area contributed by atoms with E-state index >= 15 is 0 Å². The molecule has 0 saturated carbocycles. The van der Waals surface area contributed by atoms with Crippen molar-refractivity contribution in [2.24, 2.45) is 0 Å². The highest BCUT2D eigenvalue weighted by Crippen LogP contribution is 2.24. The topological polar surface area (TPSA) is 125 Å². The number of aliphatic hydroxyl groups excluding tert-OH is 4. The maximum atomic E-state index is 9.96. The summed E-state index contributed by atoms with van der Waals surface area (Å²) in [7, 11) is 0. The fraction of sp³-hybridized carbons (Fsp3) is 0.647. The van der Waals surface area contributed by atoms with Crippen LogP contribution in [0.15, 0.2) is 12.1 Å². The fourth-order valence-corrected chi connectivity index (χ4v) is 2.55. The Morgan fingerprint density at radius 2 is 1.42 bits per heavy atom. The zero-order chi connectivity index (χ0) is 17.9. The predicted octanol–water partition coefficient (Wildman–Crippen LogP) is -0.0745. The van der Waals surface area contributed by atoms with Crippen LogP contribution in [-0.4, -0.2) is 51.2 Å². The lowest BCUT2D eigenvalue weighted by molar-refractivity contribution is 0.0660. The van der Waals surface area contributed by atoms with Crippen LogP contribution in [0.5, 0.6) is 5.75 Å². The molecule has 0 heterocycles. The summed E-state index contributed by atoms with van der Waals surface area (Å²) in [6, 6.07) is 3.29. The molecule has 7 heteroatoms. The number of aromatic hydroxyl groups is 1. The van der Waals surface area contributed by atoms with Gasteiger partial charge in [0, 0.05) is 13.1 Å². The molecular weight excluding hydrogens is 312 g/mol. The lowest BCUT2D eigenvalue weighted by atomic mass is 9.95. The second-order valence-electron chi connectivity index (χ2n) is 5.86. The zero-order valence-electron chi connectivity index (χ0n) is 14.2. The maximum Gasteiger partial charge on any atom is 0.128 e. The Morgan fingerprint density at radius 1 is 0.917 bits per heavy atom. The van der Waals surface area contributed by atoms with Gasteiger partial charge in [-0.15, -0.1) is 0 Å². The van der Waals surface area contributed by atoms with E-state index in [9.17, 15) is 15.3 Å². The van der Waals surface area contributed by atoms with Gasteiger partial charge in [0.1, 0.15) is 18.2 Å². The van der Waals surface area contributed by atoms with Crippen LogP contribution in [0.1, 0.15) is 42.9 Å². The Hall–Kier alpha value is -1.22. The molecule has 0 radical (unpaired) electrons. The van der Waals surface area contributed by atoms with Crippen molar-refractivity contribution in [3.05, 3.63) is 28.8 Å². The minimum Gasteiger partial charge on any atom is -0.508 e. The number of unbranched alkanes of at least 4 members (excludes halogenated alkanes) is 2. The number of benzene rings is 1. The summed E-state index contributed by atoms with van der Waals surface area (Å²) in [6.45, 7) is 1.97. The molecule has 138 valence electrons. The Bertz CT molecular complexity index is 449. The van der Waals surface area contributed by atoms with Gasteiger partial charge in [0.25, 0.3) is 0 Å². The molecule has 7 nitrogen and oxygen atoms in total. The van der Waals surface area contributed by atoms with Crippen molar-refractivity contribution in [2.75, 3.05) is 13.2 Å². The molecule has 0 aromatic heterocycles. The highest BCUT2D eigenvalue weighted by molar-refractivity contribution is 5.42. The Morgan fingerprint density at radius 3 is 1.83 bits per heavy atom. The maximum absolute atomic E-state index is 9.96. The van der Waals surface area contributed by atoms with Crippen LogP contribution in [0.3, 0.4) is 0 Å². The first-order valence-electron chi connectivity index (χ1n) is 8.40. The van der Waals surface area contributed by atoms with Crippen molar-refractivity contribution in [3.63, 3.8) is 0 Å². The van der Waals surface area contributed by atoms with Crippen LogP contribution in [0.2, 0.25) is 0 Å². The van der Waals surface area contributed by atoms with E-state index in [4.69, 9.17) is 10.2 Å². The molecule has 2 unspecified atom stereocenters. The van der Waals surface area contributed by atoms with Gasteiger partial charge < -0.3 is 25.5 Å². The number of phenols is 1. The fourth-order valence-electron chi connectivity index (χ4n) is 2.55. The van der Waals surface area contributed by atoms with Gasteiger partial charge in [0.15, 0.2) is 0 Å². The number of phenolic OH excluding ortho intramolecular Hbond substituents is 1. The van der Waals surface area contributed by atoms with Crippen LogP contribution in [0, 0.1) is 0 Å². The SMILES string of the molecule is CCCCCc1c(CNC(O)CO)cc(O)cc1CNC(O)CO. The van der Waals surface area contributed by atoms with Crippen molar-refractivity contribution < 1.29 is 25.5 Å². The van der Waals surface area contributed by atoms with Gasteiger partial charge in [-0.05, 0) is 41.7 Å². The van der Waals surface area contributed by atoms with Crippen LogP contribution in [0.4, 0.5) is 0 Å². The Kier molecular flexibility index (Phi) is 9.85. The molecule has 24 heavy (non-hydrogen) atoms. The van der Waals surface area contributed by atoms with Crippen LogP contribution in [0.25, 0.3) is 0 Å². The molecule has 0 aliphatic heterocycles. The zero-order valence-corrected chi connectivity index (χ0v) is 14.2. The molecule has 1 aromatic carbocycles. The van der Waals surface area contributed by atoms with Crippen molar-refractivity contribution in [1.29, 1.82) is 0 Å². The summed E-state index contributed by atoms with van der Waals surface area (Å²) < 4.78 is 0. The second kappa shape index (κ2) is 11.4. The third-order valence-electron chi connectivity index (χ3n) is 3.85. The van der Waals surface area contributed by atoms with E-state index in [0.717, 1.165) is 42.4 Å². The van der Waals surface area contributed by atoms with E-state index in [1.165, 1.54) is 0 Å². The van der Waals surface area contributed by atoms with Gasteiger partial charge in [-0.2, -0.15) is 0 Å². The monoisotopic (exact) mass is 342 g/mol. The van der Waals surface area contributed by atoms with Gasteiger partial charge in [-0.1, -0.05) is 19.8 Å². The smallest absolute Gasteiger partial charge is 0.128 e. The molecule has 7 N–H and O–H groups in total. The number of aliphatic hydroxyl groups is 4. The average molecular weight is 342 g/mol. The minimum atomic E-state index is -1.02. The predicted molar refractivity (Wildman–Crippen MR) is 91.2 cm³/mol. The highest BCUT2D eigenvalue weighted by Gasteiger charge is 2.13. The normalized spacial score (nSPS) is 13.9. The van der Waals surface area contributed by atoms with Gasteiger partial charge >= 0.3 is 0 Å². The van der Waals surface area contributed by atoms with E-state index in [-0.39, 0.29) is 19.0 Å². The minimum absolute atomic E-state index is 0.0971. The summed E-state index contributed by atoms with van der Waals surface area (Å²) in [5.41, 5.74) is 2.72. The first kappa shape index (κ1) is 20.8. The third kappa shape index (κ3) is 7.12. The molecule has 1 rings (SSSR count). The lowest BCUT2D eigenvalue weighted by Gasteiger charge is -2.19. The van der Waals surface area contributed by atoms with Gasteiger partial charge in [0.2, 0.25) is 0 Å². The first-order chi connectivity index (χ1) is 11.5. The standard InChI is InChI=1S/C17H30N2O5/c1-2-3-4-5-15-12(8-18-16(23)10-20)6-14(22)7-13(15)9-19-17(24)11-21/h6-7,16-24H,2-5,8-11H2,1H3. The quantitative estimate of drug-likeness (QED) is 0.209. The van der Waals surface area contributed by atoms with Gasteiger partial charge in [0.05, 0.1) is 13.2 Å². The lowest BCUT2D eigenvalue weighted by Crippen LogP contribution is -2.33. The highest BCUT2D eigenvalue weighted by atomic mass is 16.3. The number of hydrogen-bond acceptors (Lipinski definition) is 7. The van der Waals surface area contributed by atoms with E-state index in [1.807, 2.05) is 0 Å². The first-order valence-corrected chi connectivity index (χ1v) is 8.40. The molecule has 0 spiro atoms. The number of hydrogen-bond donors (Lipinski definition) is 7. The molecule has 2 atom stereocenters. The number of rotatable bonds is 12. The molecule has 0 amide bonds. The van der Waals surface area contributed by atoms with Crippen LogP contribution >= 0.6 is 0 Å². The molecule has 0 fully saturated rings. The van der Waals surface area contributed by atoms with Crippen molar-refractivity contribution in [3.8, 4) is 5.75 Å². The summed E-state index contributed by atoms with van der Waals surface area (Å²) in [5, 5.41) is 52.3. The summed E-state index contributed by atoms with van der Waals surface area (Å²) >= 11 is 0. The van der Waals surface area contributed by atoms with E-state index < -0.39 is 12.5 Å². The Balaban J connectivity index is 2.97. The van der Waals surface area contributed by atoms with Gasteiger partial charge in [-0.25, -0.2) is 0 Å². The van der Waals surface area contributed by atoms with E-state index in [1.54, 1.807) is 12.1 Å². The summed E-state index contributed by atoms with van der Waals surface area (Å²) in [5.74, 6) is 0.0971.